The number of halogens is 1. The summed E-state index contributed by atoms with van der Waals surface area (Å²) in [6.07, 6.45) is 0. The highest BCUT2D eigenvalue weighted by molar-refractivity contribution is 6.29. The van der Waals surface area contributed by atoms with Crippen LogP contribution >= 0.6 is 11.6 Å². The first-order valence-corrected chi connectivity index (χ1v) is 5.21. The van der Waals surface area contributed by atoms with Gasteiger partial charge in [-0.05, 0) is 26.8 Å². The highest BCUT2D eigenvalue weighted by atomic mass is 35.5. The average Bonchev–Trinajstić information content (AvgIpc) is 2.22. The predicted molar refractivity (Wildman–Crippen MR) is 59.5 cm³/mol. The monoisotopic (exact) mass is 244 g/mol. The molecule has 1 aromatic heterocycles. The van der Waals surface area contributed by atoms with Crippen LogP contribution in [0.1, 0.15) is 20.8 Å². The number of esters is 1. The molecule has 1 rings (SSSR count). The molecule has 0 aliphatic heterocycles. The Balaban J connectivity index is 3.20. The Morgan fingerprint density at radius 1 is 1.56 bits per heavy atom. The van der Waals surface area contributed by atoms with Gasteiger partial charge in [0.15, 0.2) is 5.54 Å². The van der Waals surface area contributed by atoms with E-state index >= 15 is 0 Å². The van der Waals surface area contributed by atoms with E-state index in [1.54, 1.807) is 20.8 Å². The highest BCUT2D eigenvalue weighted by Gasteiger charge is 2.33. The molecule has 88 valence electrons. The minimum Gasteiger partial charge on any atom is -0.464 e. The molecule has 0 aromatic carbocycles. The van der Waals surface area contributed by atoms with E-state index < -0.39 is 17.1 Å². The number of rotatable bonds is 3. The average molecular weight is 245 g/mol. The molecule has 0 aliphatic rings. The zero-order chi connectivity index (χ0) is 12.3. The van der Waals surface area contributed by atoms with Crippen LogP contribution in [0.2, 0.25) is 5.15 Å². The van der Waals surface area contributed by atoms with Gasteiger partial charge in [0, 0.05) is 6.07 Å². The van der Waals surface area contributed by atoms with Gasteiger partial charge in [-0.25, -0.2) is 9.48 Å². The van der Waals surface area contributed by atoms with Gasteiger partial charge in [0.25, 0.3) is 5.56 Å². The lowest BCUT2D eigenvalue weighted by Crippen LogP contribution is -2.45. The van der Waals surface area contributed by atoms with Crippen molar-refractivity contribution >= 4 is 17.6 Å². The smallest absolute Gasteiger partial charge is 0.333 e. The quantitative estimate of drug-likeness (QED) is 0.750. The van der Waals surface area contributed by atoms with Crippen LogP contribution in [0, 0.1) is 0 Å². The maximum absolute atomic E-state index is 11.7. The van der Waals surface area contributed by atoms with E-state index in [1.165, 1.54) is 12.1 Å². The molecule has 0 atom stereocenters. The van der Waals surface area contributed by atoms with Crippen molar-refractivity contribution in [3.05, 3.63) is 27.6 Å². The van der Waals surface area contributed by atoms with Gasteiger partial charge in [-0.15, -0.1) is 0 Å². The van der Waals surface area contributed by atoms with Gasteiger partial charge in [-0.2, -0.15) is 5.10 Å². The predicted octanol–water partition coefficient (Wildman–Crippen LogP) is 1.19. The summed E-state index contributed by atoms with van der Waals surface area (Å²) in [5.41, 5.74) is -1.57. The lowest BCUT2D eigenvalue weighted by atomic mass is 10.1. The summed E-state index contributed by atoms with van der Waals surface area (Å²) >= 11 is 5.68. The van der Waals surface area contributed by atoms with Gasteiger partial charge >= 0.3 is 5.97 Å². The highest BCUT2D eigenvalue weighted by Crippen LogP contribution is 2.14. The van der Waals surface area contributed by atoms with Crippen molar-refractivity contribution in [3.63, 3.8) is 0 Å². The third-order valence-corrected chi connectivity index (χ3v) is 2.27. The number of nitrogens with zero attached hydrogens (tertiary/aromatic N) is 2. The first-order chi connectivity index (χ1) is 7.39. The Bertz CT molecular complexity index is 454. The Morgan fingerprint density at radius 2 is 2.19 bits per heavy atom. The summed E-state index contributed by atoms with van der Waals surface area (Å²) < 4.78 is 5.90. The number of ether oxygens (including phenoxy) is 1. The normalized spacial score (nSPS) is 11.2. The molecule has 0 unspecified atom stereocenters. The second-order valence-corrected chi connectivity index (χ2v) is 4.07. The first kappa shape index (κ1) is 12.7. The van der Waals surface area contributed by atoms with Crippen molar-refractivity contribution in [2.24, 2.45) is 0 Å². The van der Waals surface area contributed by atoms with Crippen LogP contribution in [0.15, 0.2) is 16.9 Å². The minimum absolute atomic E-state index is 0.150. The molecule has 0 N–H and O–H groups in total. The molecule has 0 saturated carbocycles. The molecular weight excluding hydrogens is 232 g/mol. The summed E-state index contributed by atoms with van der Waals surface area (Å²) in [6, 6.07) is 2.64. The summed E-state index contributed by atoms with van der Waals surface area (Å²) in [5.74, 6) is -0.521. The van der Waals surface area contributed by atoms with E-state index in [-0.39, 0.29) is 11.8 Å². The Morgan fingerprint density at radius 3 is 2.75 bits per heavy atom. The van der Waals surface area contributed by atoms with E-state index in [4.69, 9.17) is 16.3 Å². The molecule has 0 saturated heterocycles. The van der Waals surface area contributed by atoms with Crippen LogP contribution in [0.3, 0.4) is 0 Å². The van der Waals surface area contributed by atoms with E-state index in [0.717, 1.165) is 4.68 Å². The zero-order valence-corrected chi connectivity index (χ0v) is 10.1. The van der Waals surface area contributed by atoms with Crippen LogP contribution in [-0.2, 0) is 15.1 Å². The SMILES string of the molecule is CCOC(=O)C(C)(C)n1nc(Cl)ccc1=O. The van der Waals surface area contributed by atoms with Crippen LogP contribution < -0.4 is 5.56 Å². The van der Waals surface area contributed by atoms with Crippen molar-refractivity contribution in [1.82, 2.24) is 9.78 Å². The Labute approximate surface area is 98.0 Å². The topological polar surface area (TPSA) is 61.2 Å². The molecule has 1 aromatic rings. The van der Waals surface area contributed by atoms with E-state index in [2.05, 4.69) is 5.10 Å². The summed E-state index contributed by atoms with van der Waals surface area (Å²) in [4.78, 5) is 23.2. The lowest BCUT2D eigenvalue weighted by molar-refractivity contribution is -0.152. The molecule has 0 amide bonds. The van der Waals surface area contributed by atoms with Crippen molar-refractivity contribution in [2.75, 3.05) is 6.61 Å². The third kappa shape index (κ3) is 2.41. The van der Waals surface area contributed by atoms with Crippen molar-refractivity contribution in [2.45, 2.75) is 26.3 Å². The molecule has 0 aliphatic carbocycles. The van der Waals surface area contributed by atoms with Gasteiger partial charge in [-0.3, -0.25) is 4.79 Å². The number of aromatic nitrogens is 2. The van der Waals surface area contributed by atoms with Crippen LogP contribution in [0.5, 0.6) is 0 Å². The Kier molecular flexibility index (Phi) is 3.70. The molecule has 0 spiro atoms. The van der Waals surface area contributed by atoms with Crippen molar-refractivity contribution in [3.8, 4) is 0 Å². The van der Waals surface area contributed by atoms with Gasteiger partial charge in [-0.1, -0.05) is 11.6 Å². The van der Waals surface area contributed by atoms with Gasteiger partial charge in [0.05, 0.1) is 6.61 Å². The van der Waals surface area contributed by atoms with Crippen molar-refractivity contribution < 1.29 is 9.53 Å². The summed E-state index contributed by atoms with van der Waals surface area (Å²) in [5, 5.41) is 3.97. The molecular formula is C10H13ClN2O3. The molecule has 0 radical (unpaired) electrons. The fourth-order valence-electron chi connectivity index (χ4n) is 1.18. The van der Waals surface area contributed by atoms with Gasteiger partial charge < -0.3 is 4.74 Å². The zero-order valence-electron chi connectivity index (χ0n) is 9.36. The lowest BCUT2D eigenvalue weighted by Gasteiger charge is -2.23. The van der Waals surface area contributed by atoms with E-state index in [9.17, 15) is 9.59 Å². The number of hydrogen-bond donors (Lipinski definition) is 0. The number of carbonyl (C=O) groups is 1. The fourth-order valence-corrected chi connectivity index (χ4v) is 1.32. The number of carbonyl (C=O) groups excluding carboxylic acids is 1. The molecule has 16 heavy (non-hydrogen) atoms. The molecule has 5 nitrogen and oxygen atoms in total. The van der Waals surface area contributed by atoms with Crippen LogP contribution in [0.25, 0.3) is 0 Å². The summed E-state index contributed by atoms with van der Waals surface area (Å²) in [7, 11) is 0. The second-order valence-electron chi connectivity index (χ2n) is 3.69. The summed E-state index contributed by atoms with van der Waals surface area (Å²) in [6.45, 7) is 5.05. The van der Waals surface area contributed by atoms with Gasteiger partial charge in [0.2, 0.25) is 0 Å². The van der Waals surface area contributed by atoms with E-state index in [0.29, 0.717) is 0 Å². The first-order valence-electron chi connectivity index (χ1n) is 4.83. The van der Waals surface area contributed by atoms with Crippen molar-refractivity contribution in [1.29, 1.82) is 0 Å². The minimum atomic E-state index is -1.17. The maximum Gasteiger partial charge on any atom is 0.333 e. The number of hydrogen-bond acceptors (Lipinski definition) is 4. The molecule has 1 heterocycles. The second kappa shape index (κ2) is 4.65. The van der Waals surface area contributed by atoms with Crippen LogP contribution in [0.4, 0.5) is 0 Å². The Hall–Kier alpha value is -1.36. The van der Waals surface area contributed by atoms with Crippen LogP contribution in [-0.4, -0.2) is 22.4 Å². The standard InChI is InChI=1S/C10H13ClN2O3/c1-4-16-9(15)10(2,3)13-8(14)6-5-7(11)12-13/h5-6H,4H2,1-3H3. The maximum atomic E-state index is 11.7. The molecule has 0 fully saturated rings. The van der Waals surface area contributed by atoms with Gasteiger partial charge in [0.1, 0.15) is 5.15 Å². The van der Waals surface area contributed by atoms with E-state index in [1.807, 2.05) is 0 Å². The molecule has 0 bridgehead atoms. The third-order valence-electron chi connectivity index (χ3n) is 2.07. The fraction of sp³-hybridized carbons (Fsp3) is 0.500. The largest absolute Gasteiger partial charge is 0.464 e. The molecule has 6 heteroatoms.